The molecule has 0 saturated heterocycles. The third-order valence-corrected chi connectivity index (χ3v) is 3.61. The summed E-state index contributed by atoms with van der Waals surface area (Å²) in [6.45, 7) is 6.93. The number of nitrogens with one attached hydrogen (secondary N) is 2. The number of methoxy groups -OCH3 is 1. The Morgan fingerprint density at radius 2 is 2.21 bits per heavy atom. The predicted molar refractivity (Wildman–Crippen MR) is 81.1 cm³/mol. The number of hydrogen-bond donors (Lipinski definition) is 3. The number of thiophene rings is 1. The van der Waals surface area contributed by atoms with Crippen LogP contribution < -0.4 is 16.6 Å². The van der Waals surface area contributed by atoms with Crippen molar-refractivity contribution in [1.29, 1.82) is 0 Å². The Labute approximate surface area is 119 Å². The number of guanidine groups is 1. The second kappa shape index (κ2) is 8.14. The molecule has 0 radical (unpaired) electrons. The van der Waals surface area contributed by atoms with Gasteiger partial charge in [-0.1, -0.05) is 19.9 Å². The van der Waals surface area contributed by atoms with Crippen LogP contribution in [0.3, 0.4) is 0 Å². The fraction of sp³-hybridized carbons (Fsp3) is 0.615. The summed E-state index contributed by atoms with van der Waals surface area (Å²) in [5.41, 5.74) is 2.63. The maximum absolute atomic E-state index is 5.54. The maximum Gasteiger partial charge on any atom is 0.206 e. The molecule has 0 aromatic carbocycles. The van der Waals surface area contributed by atoms with Gasteiger partial charge in [0.15, 0.2) is 0 Å². The van der Waals surface area contributed by atoms with Crippen molar-refractivity contribution in [2.45, 2.75) is 32.9 Å². The minimum Gasteiger partial charge on any atom is -0.383 e. The number of ether oxygens (including phenoxy) is 1. The molecule has 6 heteroatoms. The molecule has 0 aliphatic rings. The third kappa shape index (κ3) is 5.18. The van der Waals surface area contributed by atoms with Crippen LogP contribution in [0.25, 0.3) is 0 Å². The molecule has 1 aromatic rings. The number of aliphatic imine (C=N–C) groups is 1. The summed E-state index contributed by atoms with van der Waals surface area (Å²) in [6.07, 6.45) is 0. The summed E-state index contributed by atoms with van der Waals surface area (Å²) in [6, 6.07) is 4.40. The van der Waals surface area contributed by atoms with Gasteiger partial charge >= 0.3 is 0 Å². The number of nitrogens with two attached hydrogens (primary N) is 1. The van der Waals surface area contributed by atoms with E-state index in [2.05, 4.69) is 41.0 Å². The zero-order valence-electron chi connectivity index (χ0n) is 12.0. The van der Waals surface area contributed by atoms with Gasteiger partial charge in [-0.05, 0) is 24.3 Å². The van der Waals surface area contributed by atoms with E-state index in [1.807, 2.05) is 13.0 Å². The zero-order chi connectivity index (χ0) is 14.3. The highest BCUT2D eigenvalue weighted by atomic mass is 32.1. The quantitative estimate of drug-likeness (QED) is 0.323. The topological polar surface area (TPSA) is 71.7 Å². The van der Waals surface area contributed by atoms with Crippen molar-refractivity contribution in [3.05, 3.63) is 22.4 Å². The van der Waals surface area contributed by atoms with Gasteiger partial charge in [0.05, 0.1) is 12.6 Å². The fourth-order valence-corrected chi connectivity index (χ4v) is 2.72. The van der Waals surface area contributed by atoms with Crippen LogP contribution in [0.15, 0.2) is 22.5 Å². The number of rotatable bonds is 6. The van der Waals surface area contributed by atoms with E-state index in [0.29, 0.717) is 18.5 Å². The smallest absolute Gasteiger partial charge is 0.206 e. The molecule has 0 spiro atoms. The predicted octanol–water partition coefficient (Wildman–Crippen LogP) is 1.89. The van der Waals surface area contributed by atoms with Crippen molar-refractivity contribution in [3.63, 3.8) is 0 Å². The van der Waals surface area contributed by atoms with Crippen molar-refractivity contribution in [3.8, 4) is 0 Å². The van der Waals surface area contributed by atoms with E-state index in [-0.39, 0.29) is 12.1 Å². The largest absolute Gasteiger partial charge is 0.383 e. The molecule has 19 heavy (non-hydrogen) atoms. The maximum atomic E-state index is 5.54. The average Bonchev–Trinajstić information content (AvgIpc) is 2.87. The van der Waals surface area contributed by atoms with Crippen molar-refractivity contribution in [1.82, 2.24) is 10.7 Å². The van der Waals surface area contributed by atoms with Gasteiger partial charge in [0, 0.05) is 18.0 Å². The van der Waals surface area contributed by atoms with Crippen LogP contribution in [0.1, 0.15) is 31.7 Å². The standard InChI is InChI=1S/C13H24N4OS/c1-9(2)12(11-6-5-7-19-11)16-13(17-14)15-10(3)8-18-4/h5-7,9-10,12H,8,14H2,1-4H3,(H2,15,16,17). The van der Waals surface area contributed by atoms with Crippen molar-refractivity contribution in [2.24, 2.45) is 16.8 Å². The van der Waals surface area contributed by atoms with Crippen LogP contribution >= 0.6 is 11.3 Å². The molecular weight excluding hydrogens is 260 g/mol. The van der Waals surface area contributed by atoms with Gasteiger partial charge in [-0.2, -0.15) is 0 Å². The molecule has 1 heterocycles. The Hall–Kier alpha value is -1.11. The minimum atomic E-state index is 0.105. The molecule has 0 saturated carbocycles. The first-order chi connectivity index (χ1) is 9.08. The minimum absolute atomic E-state index is 0.105. The molecule has 2 unspecified atom stereocenters. The van der Waals surface area contributed by atoms with E-state index in [1.165, 1.54) is 4.88 Å². The van der Waals surface area contributed by atoms with Crippen molar-refractivity contribution >= 4 is 17.3 Å². The summed E-state index contributed by atoms with van der Waals surface area (Å²) >= 11 is 1.71. The second-order valence-corrected chi connectivity index (χ2v) is 5.81. The van der Waals surface area contributed by atoms with E-state index in [1.54, 1.807) is 18.4 Å². The molecule has 4 N–H and O–H groups in total. The van der Waals surface area contributed by atoms with Gasteiger partial charge in [-0.15, -0.1) is 11.3 Å². The molecular formula is C13H24N4OS. The molecule has 0 amide bonds. The van der Waals surface area contributed by atoms with E-state index in [4.69, 9.17) is 10.6 Å². The Morgan fingerprint density at radius 3 is 2.68 bits per heavy atom. The van der Waals surface area contributed by atoms with Crippen LogP contribution in [-0.4, -0.2) is 25.7 Å². The average molecular weight is 284 g/mol. The van der Waals surface area contributed by atoms with Gasteiger partial charge in [-0.25, -0.2) is 10.8 Å². The first kappa shape index (κ1) is 15.9. The van der Waals surface area contributed by atoms with Gasteiger partial charge in [0.25, 0.3) is 0 Å². The zero-order valence-corrected chi connectivity index (χ0v) is 12.8. The van der Waals surface area contributed by atoms with Crippen LogP contribution in [0, 0.1) is 5.92 Å². The lowest BCUT2D eigenvalue weighted by Crippen LogP contribution is -2.47. The highest BCUT2D eigenvalue weighted by Gasteiger charge is 2.17. The molecule has 1 aromatic heterocycles. The Morgan fingerprint density at radius 1 is 1.47 bits per heavy atom. The Balaban J connectivity index is 2.80. The SMILES string of the molecule is COCC(C)NC(=NC(c1cccs1)C(C)C)NN. The molecule has 1 rings (SSSR count). The molecule has 0 fully saturated rings. The van der Waals surface area contributed by atoms with Crippen molar-refractivity contribution in [2.75, 3.05) is 13.7 Å². The van der Waals surface area contributed by atoms with Gasteiger partial charge < -0.3 is 10.1 Å². The van der Waals surface area contributed by atoms with E-state index >= 15 is 0 Å². The van der Waals surface area contributed by atoms with Crippen LogP contribution in [-0.2, 0) is 4.74 Å². The van der Waals surface area contributed by atoms with Crippen LogP contribution in [0.4, 0.5) is 0 Å². The molecule has 0 aliphatic carbocycles. The molecule has 2 atom stereocenters. The second-order valence-electron chi connectivity index (χ2n) is 4.83. The van der Waals surface area contributed by atoms with Crippen molar-refractivity contribution < 1.29 is 4.74 Å². The Bertz CT molecular complexity index is 378. The Kier molecular flexibility index (Phi) is 6.83. The molecule has 108 valence electrons. The summed E-state index contributed by atoms with van der Waals surface area (Å²) < 4.78 is 5.09. The lowest BCUT2D eigenvalue weighted by molar-refractivity contribution is 0.179. The number of hydrazine groups is 1. The monoisotopic (exact) mass is 284 g/mol. The lowest BCUT2D eigenvalue weighted by Gasteiger charge is -2.20. The van der Waals surface area contributed by atoms with Gasteiger partial charge in [0.2, 0.25) is 5.96 Å². The van der Waals surface area contributed by atoms with E-state index < -0.39 is 0 Å². The fourth-order valence-electron chi connectivity index (χ4n) is 1.78. The summed E-state index contributed by atoms with van der Waals surface area (Å²) in [5, 5.41) is 5.27. The van der Waals surface area contributed by atoms with Crippen LogP contribution in [0.2, 0.25) is 0 Å². The first-order valence-corrected chi connectivity index (χ1v) is 7.29. The summed E-state index contributed by atoms with van der Waals surface area (Å²) in [7, 11) is 1.67. The number of hydrogen-bond acceptors (Lipinski definition) is 4. The van der Waals surface area contributed by atoms with E-state index in [0.717, 1.165) is 0 Å². The third-order valence-electron chi connectivity index (χ3n) is 2.67. The highest BCUT2D eigenvalue weighted by molar-refractivity contribution is 7.10. The molecule has 5 nitrogen and oxygen atoms in total. The summed E-state index contributed by atoms with van der Waals surface area (Å²) in [5.74, 6) is 6.54. The lowest BCUT2D eigenvalue weighted by atomic mass is 10.0. The normalized spacial score (nSPS) is 15.4. The first-order valence-electron chi connectivity index (χ1n) is 6.41. The highest BCUT2D eigenvalue weighted by Crippen LogP contribution is 2.29. The van der Waals surface area contributed by atoms with Crippen LogP contribution in [0.5, 0.6) is 0 Å². The van der Waals surface area contributed by atoms with Gasteiger partial charge in [-0.3, -0.25) is 5.43 Å². The number of nitrogens with zero attached hydrogens (tertiary/aromatic N) is 1. The van der Waals surface area contributed by atoms with E-state index in [9.17, 15) is 0 Å². The molecule has 0 aliphatic heterocycles. The molecule has 0 bridgehead atoms. The van der Waals surface area contributed by atoms with Gasteiger partial charge in [0.1, 0.15) is 0 Å². The summed E-state index contributed by atoms with van der Waals surface area (Å²) in [4.78, 5) is 5.92.